The maximum absolute atomic E-state index is 11.3. The highest BCUT2D eigenvalue weighted by Gasteiger charge is 2.32. The lowest BCUT2D eigenvalue weighted by atomic mass is 10.1. The SMILES string of the molecule is CC(NCC1CC1C)c1ccc2c(c1)NC(=O)CO2. The number of hydrogen-bond acceptors (Lipinski definition) is 3. The van der Waals surface area contributed by atoms with Crippen molar-refractivity contribution in [1.82, 2.24) is 5.32 Å². The van der Waals surface area contributed by atoms with E-state index >= 15 is 0 Å². The van der Waals surface area contributed by atoms with Crippen molar-refractivity contribution in [3.63, 3.8) is 0 Å². The molecular formula is C15H20N2O2. The topological polar surface area (TPSA) is 50.4 Å². The molecule has 0 radical (unpaired) electrons. The minimum atomic E-state index is -0.0860. The molecule has 1 aromatic rings. The van der Waals surface area contributed by atoms with Crippen molar-refractivity contribution < 1.29 is 9.53 Å². The van der Waals surface area contributed by atoms with Gasteiger partial charge in [0.2, 0.25) is 0 Å². The van der Waals surface area contributed by atoms with Crippen molar-refractivity contribution in [3.8, 4) is 5.75 Å². The first kappa shape index (κ1) is 12.5. The molecule has 3 unspecified atom stereocenters. The number of hydrogen-bond donors (Lipinski definition) is 2. The summed E-state index contributed by atoms with van der Waals surface area (Å²) >= 11 is 0. The van der Waals surface area contributed by atoms with E-state index in [0.717, 1.165) is 29.8 Å². The van der Waals surface area contributed by atoms with Crippen molar-refractivity contribution in [2.75, 3.05) is 18.5 Å². The summed E-state index contributed by atoms with van der Waals surface area (Å²) in [4.78, 5) is 11.3. The summed E-state index contributed by atoms with van der Waals surface area (Å²) in [7, 11) is 0. The second-order valence-corrected chi connectivity index (χ2v) is 5.70. The lowest BCUT2D eigenvalue weighted by molar-refractivity contribution is -0.118. The van der Waals surface area contributed by atoms with Gasteiger partial charge in [-0.05, 0) is 49.4 Å². The van der Waals surface area contributed by atoms with Gasteiger partial charge in [-0.3, -0.25) is 4.79 Å². The maximum atomic E-state index is 11.3. The number of carbonyl (C=O) groups is 1. The summed E-state index contributed by atoms with van der Waals surface area (Å²) in [6, 6.07) is 6.28. The first-order valence-corrected chi connectivity index (χ1v) is 6.93. The molecule has 3 atom stereocenters. The third kappa shape index (κ3) is 2.73. The molecule has 0 aromatic heterocycles. The zero-order valence-corrected chi connectivity index (χ0v) is 11.4. The van der Waals surface area contributed by atoms with Gasteiger partial charge < -0.3 is 15.4 Å². The molecule has 102 valence electrons. The van der Waals surface area contributed by atoms with Crippen LogP contribution in [-0.2, 0) is 4.79 Å². The molecule has 4 nitrogen and oxygen atoms in total. The monoisotopic (exact) mass is 260 g/mol. The van der Waals surface area contributed by atoms with Gasteiger partial charge in [0.25, 0.3) is 5.91 Å². The molecule has 1 heterocycles. The Balaban J connectivity index is 1.66. The number of rotatable bonds is 4. The summed E-state index contributed by atoms with van der Waals surface area (Å²) in [6.07, 6.45) is 1.34. The van der Waals surface area contributed by atoms with Gasteiger partial charge in [-0.1, -0.05) is 13.0 Å². The Kier molecular flexibility index (Phi) is 3.19. The molecule has 0 saturated heterocycles. The van der Waals surface area contributed by atoms with Gasteiger partial charge in [0.05, 0.1) is 5.69 Å². The maximum Gasteiger partial charge on any atom is 0.262 e. The quantitative estimate of drug-likeness (QED) is 0.873. The van der Waals surface area contributed by atoms with E-state index in [1.54, 1.807) is 0 Å². The van der Waals surface area contributed by atoms with Crippen LogP contribution in [0.2, 0.25) is 0 Å². The van der Waals surface area contributed by atoms with Crippen LogP contribution in [0, 0.1) is 11.8 Å². The van der Waals surface area contributed by atoms with Gasteiger partial charge in [0, 0.05) is 6.04 Å². The standard InChI is InChI=1S/C15H20N2O2/c1-9-5-12(9)7-16-10(2)11-3-4-14-13(6-11)17-15(18)8-19-14/h3-4,6,9-10,12,16H,5,7-8H2,1-2H3,(H,17,18). The average Bonchev–Trinajstić information content (AvgIpc) is 3.11. The lowest BCUT2D eigenvalue weighted by Crippen LogP contribution is -2.26. The fraction of sp³-hybridized carbons (Fsp3) is 0.533. The number of carbonyl (C=O) groups excluding carboxylic acids is 1. The molecule has 2 N–H and O–H groups in total. The van der Waals surface area contributed by atoms with Crippen LogP contribution < -0.4 is 15.4 Å². The highest BCUT2D eigenvalue weighted by Crippen LogP contribution is 2.37. The van der Waals surface area contributed by atoms with Crippen LogP contribution in [0.15, 0.2) is 18.2 Å². The van der Waals surface area contributed by atoms with Crippen LogP contribution in [-0.4, -0.2) is 19.1 Å². The largest absolute Gasteiger partial charge is 0.482 e. The molecule has 1 saturated carbocycles. The van der Waals surface area contributed by atoms with Crippen molar-refractivity contribution >= 4 is 11.6 Å². The Hall–Kier alpha value is -1.55. The van der Waals surface area contributed by atoms with Crippen molar-refractivity contribution in [3.05, 3.63) is 23.8 Å². The zero-order valence-electron chi connectivity index (χ0n) is 11.4. The number of fused-ring (bicyclic) bond motifs is 1. The third-order valence-corrected chi connectivity index (χ3v) is 4.10. The van der Waals surface area contributed by atoms with Crippen LogP contribution in [0.3, 0.4) is 0 Å². The molecule has 1 fully saturated rings. The molecule has 0 bridgehead atoms. The van der Waals surface area contributed by atoms with E-state index in [0.29, 0.717) is 0 Å². The Morgan fingerprint density at radius 2 is 2.32 bits per heavy atom. The highest BCUT2D eigenvalue weighted by molar-refractivity contribution is 5.95. The van der Waals surface area contributed by atoms with Crippen molar-refractivity contribution in [2.45, 2.75) is 26.3 Å². The normalized spacial score (nSPS) is 26.1. The summed E-state index contributed by atoms with van der Waals surface area (Å²) < 4.78 is 5.36. The second-order valence-electron chi connectivity index (χ2n) is 5.70. The van der Waals surface area contributed by atoms with Gasteiger partial charge in [-0.25, -0.2) is 0 Å². The zero-order chi connectivity index (χ0) is 13.4. The van der Waals surface area contributed by atoms with Gasteiger partial charge in [-0.2, -0.15) is 0 Å². The summed E-state index contributed by atoms with van der Waals surface area (Å²) in [5.41, 5.74) is 1.96. The van der Waals surface area contributed by atoms with E-state index in [-0.39, 0.29) is 18.6 Å². The Morgan fingerprint density at radius 3 is 3.05 bits per heavy atom. The minimum Gasteiger partial charge on any atom is -0.482 e. The molecule has 1 amide bonds. The molecular weight excluding hydrogens is 240 g/mol. The molecule has 2 aliphatic rings. The molecule has 1 aliphatic carbocycles. The lowest BCUT2D eigenvalue weighted by Gasteiger charge is -2.21. The first-order chi connectivity index (χ1) is 9.13. The third-order valence-electron chi connectivity index (χ3n) is 4.10. The average molecular weight is 260 g/mol. The number of amides is 1. The smallest absolute Gasteiger partial charge is 0.262 e. The Labute approximate surface area is 113 Å². The Bertz CT molecular complexity index is 501. The number of benzene rings is 1. The molecule has 19 heavy (non-hydrogen) atoms. The van der Waals surface area contributed by atoms with Crippen LogP contribution in [0.5, 0.6) is 5.75 Å². The van der Waals surface area contributed by atoms with Gasteiger partial charge >= 0.3 is 0 Å². The minimum absolute atomic E-state index is 0.0860. The van der Waals surface area contributed by atoms with Crippen LogP contribution in [0.25, 0.3) is 0 Å². The number of anilines is 1. The predicted octanol–water partition coefficient (Wildman–Crippen LogP) is 2.32. The van der Waals surface area contributed by atoms with E-state index in [9.17, 15) is 4.79 Å². The van der Waals surface area contributed by atoms with Crippen molar-refractivity contribution in [2.24, 2.45) is 11.8 Å². The first-order valence-electron chi connectivity index (χ1n) is 6.93. The Morgan fingerprint density at radius 1 is 1.53 bits per heavy atom. The van der Waals surface area contributed by atoms with Crippen LogP contribution in [0.4, 0.5) is 5.69 Å². The molecule has 3 rings (SSSR count). The van der Waals surface area contributed by atoms with Crippen LogP contribution >= 0.6 is 0 Å². The summed E-state index contributed by atoms with van der Waals surface area (Å²) in [5.74, 6) is 2.38. The predicted molar refractivity (Wildman–Crippen MR) is 74.3 cm³/mol. The van der Waals surface area contributed by atoms with E-state index in [1.165, 1.54) is 12.0 Å². The summed E-state index contributed by atoms with van der Waals surface area (Å²) in [6.45, 7) is 5.63. The van der Waals surface area contributed by atoms with E-state index < -0.39 is 0 Å². The van der Waals surface area contributed by atoms with E-state index in [1.807, 2.05) is 12.1 Å². The van der Waals surface area contributed by atoms with Gasteiger partial charge in [0.15, 0.2) is 6.61 Å². The molecule has 0 spiro atoms. The fourth-order valence-corrected chi connectivity index (χ4v) is 2.50. The molecule has 1 aromatic carbocycles. The molecule has 1 aliphatic heterocycles. The second kappa shape index (κ2) is 4.85. The number of ether oxygens (including phenoxy) is 1. The molecule has 4 heteroatoms. The number of nitrogens with one attached hydrogen (secondary N) is 2. The van der Waals surface area contributed by atoms with Gasteiger partial charge in [0.1, 0.15) is 5.75 Å². The van der Waals surface area contributed by atoms with Crippen molar-refractivity contribution in [1.29, 1.82) is 0 Å². The highest BCUT2D eigenvalue weighted by atomic mass is 16.5. The van der Waals surface area contributed by atoms with Crippen LogP contribution in [0.1, 0.15) is 31.9 Å². The van der Waals surface area contributed by atoms with Gasteiger partial charge in [-0.15, -0.1) is 0 Å². The summed E-state index contributed by atoms with van der Waals surface area (Å²) in [5, 5.41) is 6.40. The van der Waals surface area contributed by atoms with E-state index in [2.05, 4.69) is 30.5 Å². The fourth-order valence-electron chi connectivity index (χ4n) is 2.50. The van der Waals surface area contributed by atoms with E-state index in [4.69, 9.17) is 4.74 Å².